The van der Waals surface area contributed by atoms with Gasteiger partial charge in [-0.1, -0.05) is 127 Å². The average Bonchev–Trinajstić information content (AvgIpc) is 3.69. The molecule has 2 heterocycles. The molecule has 0 radical (unpaired) electrons. The summed E-state index contributed by atoms with van der Waals surface area (Å²) >= 11 is 0. The van der Waals surface area contributed by atoms with Gasteiger partial charge in [-0.2, -0.15) is 0 Å². The Morgan fingerprint density at radius 3 is 1.71 bits per heavy atom. The van der Waals surface area contributed by atoms with Crippen molar-refractivity contribution >= 4 is 60.9 Å². The number of fused-ring (bicyclic) bond motifs is 6. The van der Waals surface area contributed by atoms with Crippen molar-refractivity contribution in [2.45, 2.75) is 0 Å². The number of benzene rings is 7. The fourth-order valence-corrected chi connectivity index (χ4v) is 6.69. The summed E-state index contributed by atoms with van der Waals surface area (Å²) in [4.78, 5) is 2.39. The molecule has 9 aromatic rings. The highest BCUT2D eigenvalue weighted by Crippen LogP contribution is 2.51. The van der Waals surface area contributed by atoms with Gasteiger partial charge in [-0.25, -0.2) is 0 Å². The van der Waals surface area contributed by atoms with Gasteiger partial charge < -0.3 is 13.7 Å². The minimum Gasteiger partial charge on any atom is -0.456 e. The lowest BCUT2D eigenvalue weighted by Gasteiger charge is -2.30. The summed E-state index contributed by atoms with van der Waals surface area (Å²) in [5.74, 6) is 0. The molecule has 0 amide bonds. The number of nitrogens with zero attached hydrogens (tertiary/aromatic N) is 1. The third kappa shape index (κ3) is 4.05. The van der Waals surface area contributed by atoms with Gasteiger partial charge in [0.1, 0.15) is 16.7 Å². The number of rotatable bonds is 5. The van der Waals surface area contributed by atoms with E-state index in [1.54, 1.807) is 0 Å². The second-order valence-electron chi connectivity index (χ2n) is 11.3. The van der Waals surface area contributed by atoms with Crippen LogP contribution >= 0.6 is 0 Å². The van der Waals surface area contributed by atoms with Crippen LogP contribution < -0.4 is 4.90 Å². The lowest BCUT2D eigenvalue weighted by atomic mass is 9.96. The van der Waals surface area contributed by atoms with Crippen molar-refractivity contribution in [1.29, 1.82) is 0 Å². The fraction of sp³-hybridized carbons (Fsp3) is 0. The number of para-hydroxylation sites is 3. The maximum Gasteiger partial charge on any atom is 0.160 e. The predicted molar refractivity (Wildman–Crippen MR) is 187 cm³/mol. The van der Waals surface area contributed by atoms with Crippen LogP contribution in [0, 0.1) is 0 Å². The lowest BCUT2D eigenvalue weighted by molar-refractivity contribution is 0.668. The Labute approximate surface area is 260 Å². The topological polar surface area (TPSA) is 29.5 Å². The maximum absolute atomic E-state index is 6.83. The first-order chi connectivity index (χ1) is 22.3. The highest BCUT2D eigenvalue weighted by atomic mass is 16.3. The Bertz CT molecular complexity index is 2490. The van der Waals surface area contributed by atoms with Gasteiger partial charge in [-0.15, -0.1) is 0 Å². The van der Waals surface area contributed by atoms with E-state index in [0.717, 1.165) is 83.2 Å². The quantitative estimate of drug-likeness (QED) is 0.204. The first-order valence-corrected chi connectivity index (χ1v) is 15.2. The molecule has 0 spiro atoms. The summed E-state index contributed by atoms with van der Waals surface area (Å²) in [6, 6.07) is 57.1. The summed E-state index contributed by atoms with van der Waals surface area (Å²) in [6.07, 6.45) is 0. The van der Waals surface area contributed by atoms with Gasteiger partial charge in [0.25, 0.3) is 0 Å². The maximum atomic E-state index is 6.83. The SMILES string of the molecule is c1ccc(-c2ccccc2N(c2c(-c3ccccc3)ccc3c2oc2ccccc23)c2cccc3oc4ccccc4c23)cc1. The van der Waals surface area contributed by atoms with E-state index in [4.69, 9.17) is 8.83 Å². The molecule has 7 aromatic carbocycles. The van der Waals surface area contributed by atoms with E-state index in [1.165, 1.54) is 0 Å². The molecule has 0 fully saturated rings. The zero-order valence-corrected chi connectivity index (χ0v) is 24.4. The third-order valence-corrected chi connectivity index (χ3v) is 8.68. The van der Waals surface area contributed by atoms with Crippen LogP contribution in [0.3, 0.4) is 0 Å². The number of anilines is 3. The highest BCUT2D eigenvalue weighted by molar-refractivity contribution is 6.18. The van der Waals surface area contributed by atoms with Crippen molar-refractivity contribution in [3.63, 3.8) is 0 Å². The number of hydrogen-bond donors (Lipinski definition) is 0. The van der Waals surface area contributed by atoms with Gasteiger partial charge in [0.2, 0.25) is 0 Å². The van der Waals surface area contributed by atoms with Gasteiger partial charge in [0.05, 0.1) is 22.4 Å². The molecule has 0 aliphatic heterocycles. The Hall–Kier alpha value is -6.06. The van der Waals surface area contributed by atoms with E-state index in [0.29, 0.717) is 0 Å². The summed E-state index contributed by atoms with van der Waals surface area (Å²) in [5.41, 5.74) is 10.9. The second-order valence-corrected chi connectivity index (χ2v) is 11.3. The third-order valence-electron chi connectivity index (χ3n) is 8.68. The summed E-state index contributed by atoms with van der Waals surface area (Å²) in [6.45, 7) is 0. The molecule has 0 saturated heterocycles. The summed E-state index contributed by atoms with van der Waals surface area (Å²) in [7, 11) is 0. The molecule has 9 rings (SSSR count). The van der Waals surface area contributed by atoms with Crippen LogP contribution in [0.15, 0.2) is 173 Å². The molecule has 0 atom stereocenters. The Balaban J connectivity index is 1.48. The second kappa shape index (κ2) is 10.3. The largest absolute Gasteiger partial charge is 0.456 e. The number of hydrogen-bond acceptors (Lipinski definition) is 3. The Morgan fingerprint density at radius 1 is 0.356 bits per heavy atom. The Kier molecular flexibility index (Phi) is 5.82. The first kappa shape index (κ1) is 25.4. The van der Waals surface area contributed by atoms with E-state index < -0.39 is 0 Å². The molecular formula is C42H27NO2. The standard InChI is InChI=1S/C42H27NO2/c1-3-14-28(15-4-1)30-18-7-10-21-35(30)43(36-22-13-25-39-40(36)34-20-9-12-24-38(34)44-39)41-31(29-16-5-2-6-17-29)26-27-33-32-19-8-11-23-37(32)45-42(33)41/h1-27H. The van der Waals surface area contributed by atoms with Crippen LogP contribution in [0.25, 0.3) is 66.1 Å². The molecule has 0 unspecified atom stereocenters. The van der Waals surface area contributed by atoms with Crippen LogP contribution in [-0.4, -0.2) is 0 Å². The van der Waals surface area contributed by atoms with Gasteiger partial charge in [0, 0.05) is 27.3 Å². The van der Waals surface area contributed by atoms with E-state index >= 15 is 0 Å². The number of furan rings is 2. The van der Waals surface area contributed by atoms with Crippen LogP contribution in [0.1, 0.15) is 0 Å². The van der Waals surface area contributed by atoms with Crippen LogP contribution in [0.4, 0.5) is 17.1 Å². The lowest BCUT2D eigenvalue weighted by Crippen LogP contribution is -2.13. The van der Waals surface area contributed by atoms with E-state index in [1.807, 2.05) is 24.3 Å². The molecule has 3 nitrogen and oxygen atoms in total. The van der Waals surface area contributed by atoms with Crippen molar-refractivity contribution in [2.24, 2.45) is 0 Å². The first-order valence-electron chi connectivity index (χ1n) is 15.2. The Morgan fingerprint density at radius 2 is 0.933 bits per heavy atom. The minimum atomic E-state index is 0.838. The molecule has 0 aliphatic carbocycles. The van der Waals surface area contributed by atoms with Crippen molar-refractivity contribution in [3.8, 4) is 22.3 Å². The van der Waals surface area contributed by atoms with E-state index in [9.17, 15) is 0 Å². The molecule has 0 aliphatic rings. The van der Waals surface area contributed by atoms with Crippen molar-refractivity contribution < 1.29 is 8.83 Å². The molecule has 2 aromatic heterocycles. The van der Waals surface area contributed by atoms with Crippen molar-refractivity contribution in [1.82, 2.24) is 0 Å². The van der Waals surface area contributed by atoms with Crippen LogP contribution in [0.5, 0.6) is 0 Å². The van der Waals surface area contributed by atoms with Gasteiger partial charge in [0.15, 0.2) is 5.58 Å². The fourth-order valence-electron chi connectivity index (χ4n) is 6.69. The van der Waals surface area contributed by atoms with Crippen LogP contribution in [0.2, 0.25) is 0 Å². The highest BCUT2D eigenvalue weighted by Gasteiger charge is 2.27. The zero-order chi connectivity index (χ0) is 29.7. The van der Waals surface area contributed by atoms with E-state index in [2.05, 4.69) is 144 Å². The molecule has 0 bridgehead atoms. The monoisotopic (exact) mass is 577 g/mol. The van der Waals surface area contributed by atoms with Crippen molar-refractivity contribution in [3.05, 3.63) is 164 Å². The zero-order valence-electron chi connectivity index (χ0n) is 24.4. The summed E-state index contributed by atoms with van der Waals surface area (Å²) in [5, 5.41) is 4.30. The summed E-state index contributed by atoms with van der Waals surface area (Å²) < 4.78 is 13.3. The van der Waals surface area contributed by atoms with Gasteiger partial charge in [-0.05, 0) is 47.5 Å². The predicted octanol–water partition coefficient (Wildman–Crippen LogP) is 12.3. The van der Waals surface area contributed by atoms with Crippen molar-refractivity contribution in [2.75, 3.05) is 4.90 Å². The smallest absolute Gasteiger partial charge is 0.160 e. The molecule has 45 heavy (non-hydrogen) atoms. The molecular weight excluding hydrogens is 550 g/mol. The molecule has 3 heteroatoms. The molecule has 0 N–H and O–H groups in total. The molecule has 0 saturated carbocycles. The van der Waals surface area contributed by atoms with Crippen LogP contribution in [-0.2, 0) is 0 Å². The molecule has 212 valence electrons. The average molecular weight is 578 g/mol. The normalized spacial score (nSPS) is 11.6. The van der Waals surface area contributed by atoms with Gasteiger partial charge >= 0.3 is 0 Å². The minimum absolute atomic E-state index is 0.838. The van der Waals surface area contributed by atoms with Gasteiger partial charge in [-0.3, -0.25) is 0 Å². The van der Waals surface area contributed by atoms with E-state index in [-0.39, 0.29) is 0 Å².